The summed E-state index contributed by atoms with van der Waals surface area (Å²) >= 11 is 0. The standard InChI is InChI=1S/C20H32N2O3S/c1-19(2)7-9-20(23,10-8-19)16-21-11-13-22(14-12-21)17-5-4-6-18(15-17)26(3,24)25/h4-6,15,23H,7-14,16H2,1-3H3. The number of aliphatic hydroxyl groups is 1. The molecule has 2 fully saturated rings. The van der Waals surface area contributed by atoms with Crippen molar-refractivity contribution in [3.8, 4) is 0 Å². The van der Waals surface area contributed by atoms with Crippen LogP contribution >= 0.6 is 0 Å². The third kappa shape index (κ3) is 4.78. The quantitative estimate of drug-likeness (QED) is 0.870. The van der Waals surface area contributed by atoms with Crippen LogP contribution in [0, 0.1) is 5.41 Å². The highest BCUT2D eigenvalue weighted by molar-refractivity contribution is 7.90. The molecule has 1 saturated carbocycles. The van der Waals surface area contributed by atoms with Gasteiger partial charge in [0.1, 0.15) is 0 Å². The number of sulfone groups is 1. The maximum absolute atomic E-state index is 11.8. The molecule has 0 radical (unpaired) electrons. The van der Waals surface area contributed by atoms with E-state index in [1.54, 1.807) is 12.1 Å². The smallest absolute Gasteiger partial charge is 0.175 e. The molecule has 0 spiro atoms. The molecule has 3 rings (SSSR count). The molecule has 1 aromatic carbocycles. The average molecular weight is 381 g/mol. The van der Waals surface area contributed by atoms with Crippen LogP contribution < -0.4 is 4.90 Å². The van der Waals surface area contributed by atoms with Gasteiger partial charge < -0.3 is 10.0 Å². The largest absolute Gasteiger partial charge is 0.389 e. The van der Waals surface area contributed by atoms with Crippen LogP contribution in [0.1, 0.15) is 39.5 Å². The molecule has 0 bridgehead atoms. The highest BCUT2D eigenvalue weighted by atomic mass is 32.2. The molecule has 6 heteroatoms. The van der Waals surface area contributed by atoms with E-state index in [1.807, 2.05) is 12.1 Å². The van der Waals surface area contributed by atoms with Gasteiger partial charge in [-0.1, -0.05) is 19.9 Å². The molecule has 1 heterocycles. The second kappa shape index (κ2) is 7.13. The van der Waals surface area contributed by atoms with Gasteiger partial charge in [0, 0.05) is 44.7 Å². The minimum absolute atomic E-state index is 0.357. The van der Waals surface area contributed by atoms with E-state index in [2.05, 4.69) is 23.6 Å². The van der Waals surface area contributed by atoms with Crippen LogP contribution in [0.2, 0.25) is 0 Å². The fourth-order valence-electron chi connectivity index (χ4n) is 4.04. The van der Waals surface area contributed by atoms with E-state index in [0.29, 0.717) is 10.3 Å². The van der Waals surface area contributed by atoms with Gasteiger partial charge in [-0.05, 0) is 49.3 Å². The van der Waals surface area contributed by atoms with Crippen molar-refractivity contribution in [2.45, 2.75) is 50.0 Å². The van der Waals surface area contributed by atoms with Gasteiger partial charge >= 0.3 is 0 Å². The zero-order valence-corrected chi connectivity index (χ0v) is 17.1. The number of hydrogen-bond donors (Lipinski definition) is 1. The number of benzene rings is 1. The Morgan fingerprint density at radius 3 is 2.23 bits per heavy atom. The Kier molecular flexibility index (Phi) is 5.39. The van der Waals surface area contributed by atoms with E-state index in [-0.39, 0.29) is 0 Å². The minimum atomic E-state index is -3.18. The van der Waals surface area contributed by atoms with Gasteiger partial charge in [-0.25, -0.2) is 8.42 Å². The van der Waals surface area contributed by atoms with Crippen molar-refractivity contribution in [1.82, 2.24) is 4.90 Å². The fraction of sp³-hybridized carbons (Fsp3) is 0.700. The van der Waals surface area contributed by atoms with Crippen LogP contribution in [0.4, 0.5) is 5.69 Å². The van der Waals surface area contributed by atoms with E-state index in [9.17, 15) is 13.5 Å². The summed E-state index contributed by atoms with van der Waals surface area (Å²) in [6.45, 7) is 8.83. The maximum atomic E-state index is 11.8. The van der Waals surface area contributed by atoms with Crippen molar-refractivity contribution >= 4 is 15.5 Å². The van der Waals surface area contributed by atoms with Gasteiger partial charge in [0.05, 0.1) is 10.5 Å². The van der Waals surface area contributed by atoms with Crippen LogP contribution in [-0.4, -0.2) is 63.0 Å². The molecule has 0 unspecified atom stereocenters. The third-order valence-corrected chi connectivity index (χ3v) is 7.15. The summed E-state index contributed by atoms with van der Waals surface area (Å²) in [5.41, 5.74) is 0.773. The number of rotatable bonds is 4. The topological polar surface area (TPSA) is 60.9 Å². The molecular weight excluding hydrogens is 348 g/mol. The Morgan fingerprint density at radius 1 is 1.04 bits per heavy atom. The van der Waals surface area contributed by atoms with Crippen LogP contribution in [0.5, 0.6) is 0 Å². The lowest BCUT2D eigenvalue weighted by Crippen LogP contribution is -2.53. The van der Waals surface area contributed by atoms with Gasteiger partial charge in [0.25, 0.3) is 0 Å². The second-order valence-corrected chi connectivity index (χ2v) is 10.9. The zero-order chi connectivity index (χ0) is 19.0. The molecule has 2 aliphatic rings. The molecule has 0 amide bonds. The lowest BCUT2D eigenvalue weighted by Gasteiger charge is -2.44. The van der Waals surface area contributed by atoms with Gasteiger partial charge in [-0.15, -0.1) is 0 Å². The van der Waals surface area contributed by atoms with E-state index >= 15 is 0 Å². The first-order chi connectivity index (χ1) is 12.1. The molecule has 1 aliphatic heterocycles. The zero-order valence-electron chi connectivity index (χ0n) is 16.2. The Bertz CT molecular complexity index is 727. The van der Waals surface area contributed by atoms with Crippen molar-refractivity contribution in [2.24, 2.45) is 5.41 Å². The van der Waals surface area contributed by atoms with Crippen LogP contribution in [-0.2, 0) is 9.84 Å². The summed E-state index contributed by atoms with van der Waals surface area (Å²) in [4.78, 5) is 4.96. The van der Waals surface area contributed by atoms with Gasteiger partial charge in [-0.3, -0.25) is 4.90 Å². The van der Waals surface area contributed by atoms with E-state index in [0.717, 1.165) is 64.1 Å². The molecule has 1 aliphatic carbocycles. The van der Waals surface area contributed by atoms with Crippen LogP contribution in [0.25, 0.3) is 0 Å². The highest BCUT2D eigenvalue weighted by Gasteiger charge is 2.38. The van der Waals surface area contributed by atoms with Crippen molar-refractivity contribution in [1.29, 1.82) is 0 Å². The van der Waals surface area contributed by atoms with Crippen LogP contribution in [0.15, 0.2) is 29.2 Å². The first-order valence-corrected chi connectivity index (χ1v) is 11.5. The lowest BCUT2D eigenvalue weighted by molar-refractivity contribution is -0.0502. The van der Waals surface area contributed by atoms with Gasteiger partial charge in [0.2, 0.25) is 0 Å². The number of hydrogen-bond acceptors (Lipinski definition) is 5. The Hall–Kier alpha value is -1.11. The van der Waals surface area contributed by atoms with Crippen molar-refractivity contribution in [3.63, 3.8) is 0 Å². The number of nitrogens with zero attached hydrogens (tertiary/aromatic N) is 2. The minimum Gasteiger partial charge on any atom is -0.389 e. The molecule has 26 heavy (non-hydrogen) atoms. The molecule has 146 valence electrons. The van der Waals surface area contributed by atoms with E-state index in [4.69, 9.17) is 0 Å². The van der Waals surface area contributed by atoms with Crippen LogP contribution in [0.3, 0.4) is 0 Å². The summed E-state index contributed by atoms with van der Waals surface area (Å²) in [6, 6.07) is 7.20. The summed E-state index contributed by atoms with van der Waals surface area (Å²) in [5.74, 6) is 0. The predicted octanol–water partition coefficient (Wildman–Crippen LogP) is 2.54. The van der Waals surface area contributed by atoms with Crippen molar-refractivity contribution < 1.29 is 13.5 Å². The number of anilines is 1. The fourth-order valence-corrected chi connectivity index (χ4v) is 4.70. The molecule has 0 aromatic heterocycles. The first kappa shape index (κ1) is 19.6. The second-order valence-electron chi connectivity index (χ2n) is 8.92. The molecular formula is C20H32N2O3S. The molecule has 1 saturated heterocycles. The lowest BCUT2D eigenvalue weighted by atomic mass is 9.71. The average Bonchev–Trinajstić information content (AvgIpc) is 2.58. The summed E-state index contributed by atoms with van der Waals surface area (Å²) < 4.78 is 23.5. The van der Waals surface area contributed by atoms with Crippen molar-refractivity contribution in [2.75, 3.05) is 43.9 Å². The van der Waals surface area contributed by atoms with E-state index < -0.39 is 15.4 Å². The Balaban J connectivity index is 1.57. The van der Waals surface area contributed by atoms with Crippen molar-refractivity contribution in [3.05, 3.63) is 24.3 Å². The summed E-state index contributed by atoms with van der Waals surface area (Å²) in [6.07, 6.45) is 5.19. The van der Waals surface area contributed by atoms with Gasteiger partial charge in [-0.2, -0.15) is 0 Å². The molecule has 0 atom stereocenters. The maximum Gasteiger partial charge on any atom is 0.175 e. The first-order valence-electron chi connectivity index (χ1n) is 9.56. The summed E-state index contributed by atoms with van der Waals surface area (Å²) in [5, 5.41) is 10.9. The number of β-amino-alcohol motifs (C(OH)–C–C–N with tert-alkyl or cyclic N) is 1. The third-order valence-electron chi connectivity index (χ3n) is 6.04. The SMILES string of the molecule is CC1(C)CCC(O)(CN2CCN(c3cccc(S(C)(=O)=O)c3)CC2)CC1. The predicted molar refractivity (Wildman–Crippen MR) is 105 cm³/mol. The van der Waals surface area contributed by atoms with Gasteiger partial charge in [0.15, 0.2) is 9.84 Å². The Morgan fingerprint density at radius 2 is 1.65 bits per heavy atom. The molecule has 1 N–H and O–H groups in total. The summed E-state index contributed by atoms with van der Waals surface area (Å²) in [7, 11) is -3.18. The Labute approximate surface area is 157 Å². The molecule has 1 aromatic rings. The normalized spacial score (nSPS) is 23.8. The number of piperazine rings is 1. The molecule has 5 nitrogen and oxygen atoms in total. The van der Waals surface area contributed by atoms with E-state index in [1.165, 1.54) is 6.26 Å². The monoisotopic (exact) mass is 380 g/mol. The highest BCUT2D eigenvalue weighted by Crippen LogP contribution is 2.40.